The molecule has 5 nitrogen and oxygen atoms in total. The van der Waals surface area contributed by atoms with Gasteiger partial charge in [0.15, 0.2) is 4.83 Å². The molecule has 3 heterocycles. The van der Waals surface area contributed by atoms with Crippen molar-refractivity contribution < 1.29 is 0 Å². The van der Waals surface area contributed by atoms with E-state index >= 15 is 0 Å². The molecule has 1 aliphatic heterocycles. The number of aryl methyl sites for hydroxylation is 1. The minimum absolute atomic E-state index is 0.0492. The number of aromatic nitrogens is 3. The Kier molecular flexibility index (Phi) is 2.68. The van der Waals surface area contributed by atoms with Crippen LogP contribution in [0.4, 0.5) is 0 Å². The second-order valence-electron chi connectivity index (χ2n) is 4.51. The predicted octanol–water partition coefficient (Wildman–Crippen LogP) is 0.771. The minimum atomic E-state index is 0.0492. The summed E-state index contributed by atoms with van der Waals surface area (Å²) in [6.45, 7) is 4.66. The first kappa shape index (κ1) is 10.9. The highest BCUT2D eigenvalue weighted by atomic mass is 32.1. The Labute approximate surface area is 103 Å². The maximum Gasteiger partial charge on any atom is 0.263 e. The maximum absolute atomic E-state index is 12.3. The van der Waals surface area contributed by atoms with Gasteiger partial charge in [0.25, 0.3) is 5.56 Å². The summed E-state index contributed by atoms with van der Waals surface area (Å²) in [6.07, 6.45) is 2.78. The van der Waals surface area contributed by atoms with Crippen LogP contribution in [0, 0.1) is 12.8 Å². The van der Waals surface area contributed by atoms with E-state index in [1.807, 2.05) is 6.92 Å². The van der Waals surface area contributed by atoms with Gasteiger partial charge in [-0.1, -0.05) is 0 Å². The van der Waals surface area contributed by atoms with Gasteiger partial charge in [0.1, 0.15) is 0 Å². The van der Waals surface area contributed by atoms with E-state index in [0.29, 0.717) is 11.3 Å². The highest BCUT2D eigenvalue weighted by Crippen LogP contribution is 2.16. The largest absolute Gasteiger partial charge is 0.316 e. The summed E-state index contributed by atoms with van der Waals surface area (Å²) in [5, 5.41) is 3.99. The SMILES string of the molecule is Cc1nsc2ncn(CC3CCNC3)c(=O)c12. The van der Waals surface area contributed by atoms with Crippen LogP contribution in [0.25, 0.3) is 10.2 Å². The molecule has 0 spiro atoms. The van der Waals surface area contributed by atoms with Crippen molar-refractivity contribution in [2.45, 2.75) is 19.9 Å². The van der Waals surface area contributed by atoms with Crippen LogP contribution in [-0.2, 0) is 6.54 Å². The third kappa shape index (κ3) is 1.87. The lowest BCUT2D eigenvalue weighted by atomic mass is 10.1. The second-order valence-corrected chi connectivity index (χ2v) is 5.26. The summed E-state index contributed by atoms with van der Waals surface area (Å²) < 4.78 is 5.91. The molecule has 0 saturated carbocycles. The van der Waals surface area contributed by atoms with Crippen LogP contribution < -0.4 is 10.9 Å². The molecule has 2 aromatic heterocycles. The number of fused-ring (bicyclic) bond motifs is 1. The summed E-state index contributed by atoms with van der Waals surface area (Å²) in [7, 11) is 0. The average molecular weight is 250 g/mol. The molecule has 6 heteroatoms. The zero-order valence-electron chi connectivity index (χ0n) is 9.64. The van der Waals surface area contributed by atoms with Crippen LogP contribution in [0.2, 0.25) is 0 Å². The van der Waals surface area contributed by atoms with Gasteiger partial charge in [-0.3, -0.25) is 9.36 Å². The Morgan fingerprint density at radius 3 is 3.29 bits per heavy atom. The summed E-state index contributed by atoms with van der Waals surface area (Å²) in [5.41, 5.74) is 0.842. The van der Waals surface area contributed by atoms with Crippen LogP contribution in [-0.4, -0.2) is 27.0 Å². The van der Waals surface area contributed by atoms with Crippen molar-refractivity contribution in [3.05, 3.63) is 22.4 Å². The first-order valence-corrected chi connectivity index (χ1v) is 6.55. The van der Waals surface area contributed by atoms with E-state index in [4.69, 9.17) is 0 Å². The van der Waals surface area contributed by atoms with E-state index in [2.05, 4.69) is 14.7 Å². The average Bonchev–Trinajstić information content (AvgIpc) is 2.93. The van der Waals surface area contributed by atoms with Crippen molar-refractivity contribution in [3.8, 4) is 0 Å². The molecule has 0 aromatic carbocycles. The van der Waals surface area contributed by atoms with E-state index in [9.17, 15) is 4.79 Å². The van der Waals surface area contributed by atoms with Crippen molar-refractivity contribution in [1.29, 1.82) is 0 Å². The Bertz CT molecular complexity index is 597. The smallest absolute Gasteiger partial charge is 0.263 e. The molecule has 0 bridgehead atoms. The normalized spacial score (nSPS) is 20.2. The monoisotopic (exact) mass is 250 g/mol. The maximum atomic E-state index is 12.3. The Morgan fingerprint density at radius 2 is 2.53 bits per heavy atom. The van der Waals surface area contributed by atoms with Crippen LogP contribution in [0.15, 0.2) is 11.1 Å². The topological polar surface area (TPSA) is 59.8 Å². The molecule has 1 unspecified atom stereocenters. The zero-order valence-corrected chi connectivity index (χ0v) is 10.5. The van der Waals surface area contributed by atoms with Gasteiger partial charge in [0, 0.05) is 6.54 Å². The number of nitrogens with one attached hydrogen (secondary N) is 1. The lowest BCUT2D eigenvalue weighted by Gasteiger charge is -2.10. The summed E-state index contributed by atoms with van der Waals surface area (Å²) in [6, 6.07) is 0. The highest BCUT2D eigenvalue weighted by Gasteiger charge is 2.17. The van der Waals surface area contributed by atoms with Crippen molar-refractivity contribution >= 4 is 21.7 Å². The third-order valence-corrected chi connectivity index (χ3v) is 4.10. The fraction of sp³-hybridized carbons (Fsp3) is 0.545. The van der Waals surface area contributed by atoms with E-state index in [1.54, 1.807) is 10.9 Å². The van der Waals surface area contributed by atoms with Gasteiger partial charge in [-0.2, -0.15) is 4.37 Å². The molecule has 1 aliphatic rings. The Hall–Kier alpha value is -1.27. The van der Waals surface area contributed by atoms with E-state index in [1.165, 1.54) is 11.5 Å². The number of nitrogens with zero attached hydrogens (tertiary/aromatic N) is 3. The quantitative estimate of drug-likeness (QED) is 0.855. The van der Waals surface area contributed by atoms with Gasteiger partial charge in [-0.15, -0.1) is 0 Å². The van der Waals surface area contributed by atoms with Crippen LogP contribution in [0.5, 0.6) is 0 Å². The van der Waals surface area contributed by atoms with Crippen LogP contribution >= 0.6 is 11.5 Å². The van der Waals surface area contributed by atoms with Crippen LogP contribution in [0.1, 0.15) is 12.1 Å². The van der Waals surface area contributed by atoms with Crippen molar-refractivity contribution in [2.24, 2.45) is 5.92 Å². The summed E-state index contributed by atoms with van der Waals surface area (Å²) >= 11 is 1.29. The molecule has 17 heavy (non-hydrogen) atoms. The molecule has 0 aliphatic carbocycles. The van der Waals surface area contributed by atoms with E-state index in [0.717, 1.165) is 36.6 Å². The van der Waals surface area contributed by atoms with Gasteiger partial charge in [-0.05, 0) is 43.9 Å². The Balaban J connectivity index is 2.01. The molecule has 0 radical (unpaired) electrons. The molecule has 3 rings (SSSR count). The molecule has 1 N–H and O–H groups in total. The van der Waals surface area contributed by atoms with Gasteiger partial charge in [0.05, 0.1) is 17.4 Å². The van der Waals surface area contributed by atoms with Gasteiger partial charge >= 0.3 is 0 Å². The number of rotatable bonds is 2. The highest BCUT2D eigenvalue weighted by molar-refractivity contribution is 7.12. The minimum Gasteiger partial charge on any atom is -0.316 e. The molecule has 90 valence electrons. The molecule has 1 saturated heterocycles. The van der Waals surface area contributed by atoms with Gasteiger partial charge < -0.3 is 5.32 Å². The number of hydrogen-bond donors (Lipinski definition) is 1. The van der Waals surface area contributed by atoms with E-state index < -0.39 is 0 Å². The lowest BCUT2D eigenvalue weighted by molar-refractivity contribution is 0.470. The molecule has 0 amide bonds. The van der Waals surface area contributed by atoms with Crippen molar-refractivity contribution in [2.75, 3.05) is 13.1 Å². The summed E-state index contributed by atoms with van der Waals surface area (Å²) in [4.78, 5) is 17.3. The predicted molar refractivity (Wildman–Crippen MR) is 67.4 cm³/mol. The van der Waals surface area contributed by atoms with Crippen LogP contribution in [0.3, 0.4) is 0 Å². The van der Waals surface area contributed by atoms with Crippen molar-refractivity contribution in [3.63, 3.8) is 0 Å². The Morgan fingerprint density at radius 1 is 1.65 bits per heavy atom. The first-order chi connectivity index (χ1) is 8.25. The number of hydrogen-bond acceptors (Lipinski definition) is 5. The zero-order chi connectivity index (χ0) is 11.8. The van der Waals surface area contributed by atoms with E-state index in [-0.39, 0.29) is 5.56 Å². The standard InChI is InChI=1S/C11H14N4OS/c1-7-9-10(17-14-7)13-6-15(11(9)16)5-8-2-3-12-4-8/h6,8,12H,2-5H2,1H3. The molecular weight excluding hydrogens is 236 g/mol. The molecular formula is C11H14N4OS. The fourth-order valence-corrected chi connectivity index (χ4v) is 3.02. The molecule has 2 aromatic rings. The second kappa shape index (κ2) is 4.19. The third-order valence-electron chi connectivity index (χ3n) is 3.25. The van der Waals surface area contributed by atoms with Gasteiger partial charge in [-0.25, -0.2) is 4.98 Å². The lowest BCUT2D eigenvalue weighted by Crippen LogP contribution is -2.25. The summed E-state index contributed by atoms with van der Waals surface area (Å²) in [5.74, 6) is 0.541. The molecule has 1 atom stereocenters. The van der Waals surface area contributed by atoms with Gasteiger partial charge in [0.2, 0.25) is 0 Å². The first-order valence-electron chi connectivity index (χ1n) is 5.78. The molecule has 1 fully saturated rings. The fourth-order valence-electron chi connectivity index (χ4n) is 2.29. The van der Waals surface area contributed by atoms with Crippen molar-refractivity contribution in [1.82, 2.24) is 19.2 Å².